The topological polar surface area (TPSA) is 70.2 Å². The predicted molar refractivity (Wildman–Crippen MR) is 114 cm³/mol. The van der Waals surface area contributed by atoms with Gasteiger partial charge >= 0.3 is 6.03 Å². The highest BCUT2D eigenvalue weighted by Crippen LogP contribution is 2.32. The molecule has 1 atom stereocenters. The van der Waals surface area contributed by atoms with E-state index in [-0.39, 0.29) is 11.9 Å². The van der Waals surface area contributed by atoms with Gasteiger partial charge in [-0.05, 0) is 47.5 Å². The summed E-state index contributed by atoms with van der Waals surface area (Å²) in [5.41, 5.74) is 2.59. The maximum atomic E-state index is 13.1. The molecule has 0 aliphatic carbocycles. The van der Waals surface area contributed by atoms with Crippen molar-refractivity contribution in [1.29, 1.82) is 0 Å². The summed E-state index contributed by atoms with van der Waals surface area (Å²) in [4.78, 5) is 25.3. The van der Waals surface area contributed by atoms with Crippen LogP contribution in [0.5, 0.6) is 0 Å². The van der Waals surface area contributed by atoms with E-state index < -0.39 is 6.04 Å². The van der Waals surface area contributed by atoms with Crippen molar-refractivity contribution in [1.82, 2.24) is 10.6 Å². The van der Waals surface area contributed by atoms with Crippen molar-refractivity contribution in [3.05, 3.63) is 88.0 Å². The molecule has 0 fully saturated rings. The van der Waals surface area contributed by atoms with E-state index in [1.165, 1.54) is 0 Å². The van der Waals surface area contributed by atoms with Crippen LogP contribution in [0.1, 0.15) is 18.5 Å². The van der Waals surface area contributed by atoms with Gasteiger partial charge in [-0.25, -0.2) is 4.79 Å². The minimum absolute atomic E-state index is 0.259. The summed E-state index contributed by atoms with van der Waals surface area (Å²) >= 11 is 3.39. The summed E-state index contributed by atoms with van der Waals surface area (Å²) in [5, 5.41) is 10.6. The molecule has 4 rings (SSSR count). The van der Waals surface area contributed by atoms with E-state index in [0.29, 0.717) is 17.0 Å². The SMILES string of the molecule is CC1=C(C(=O)Nc2ccc(Br)cc2)C(c2cccc3ccccc23)NC(=O)N1. The molecule has 0 radical (unpaired) electrons. The fraction of sp³-hybridized carbons (Fsp3) is 0.0909. The number of nitrogens with one attached hydrogen (secondary N) is 3. The molecule has 1 heterocycles. The van der Waals surface area contributed by atoms with Gasteiger partial charge in [0.15, 0.2) is 0 Å². The standard InChI is InChI=1S/C22H18BrN3O2/c1-13-19(21(27)25-16-11-9-15(23)10-12-16)20(26-22(28)24-13)18-8-4-6-14-5-2-3-7-17(14)18/h2-12,20H,1H3,(H,25,27)(H2,24,26,28). The number of allylic oxidation sites excluding steroid dienone is 1. The summed E-state index contributed by atoms with van der Waals surface area (Å²) in [6.07, 6.45) is 0. The number of urea groups is 1. The lowest BCUT2D eigenvalue weighted by Gasteiger charge is -2.29. The molecule has 28 heavy (non-hydrogen) atoms. The van der Waals surface area contributed by atoms with Crippen LogP contribution in [0.25, 0.3) is 10.8 Å². The Bertz CT molecular complexity index is 1100. The van der Waals surface area contributed by atoms with E-state index in [1.54, 1.807) is 6.92 Å². The zero-order valence-electron chi connectivity index (χ0n) is 15.1. The van der Waals surface area contributed by atoms with Crippen LogP contribution in [-0.2, 0) is 4.79 Å². The number of carbonyl (C=O) groups excluding carboxylic acids is 2. The third kappa shape index (κ3) is 3.51. The fourth-order valence-electron chi connectivity index (χ4n) is 3.46. The second-order valence-corrected chi connectivity index (χ2v) is 7.52. The molecule has 1 unspecified atom stereocenters. The zero-order valence-corrected chi connectivity index (χ0v) is 16.7. The Balaban J connectivity index is 1.76. The Morgan fingerprint density at radius 2 is 1.71 bits per heavy atom. The quantitative estimate of drug-likeness (QED) is 0.549. The van der Waals surface area contributed by atoms with Gasteiger partial charge < -0.3 is 16.0 Å². The van der Waals surface area contributed by atoms with Gasteiger partial charge in [0.05, 0.1) is 11.6 Å². The molecule has 3 N–H and O–H groups in total. The van der Waals surface area contributed by atoms with Crippen LogP contribution < -0.4 is 16.0 Å². The van der Waals surface area contributed by atoms with E-state index in [9.17, 15) is 9.59 Å². The monoisotopic (exact) mass is 435 g/mol. The molecular formula is C22H18BrN3O2. The fourth-order valence-corrected chi connectivity index (χ4v) is 3.73. The summed E-state index contributed by atoms with van der Waals surface area (Å²) in [6.45, 7) is 1.74. The summed E-state index contributed by atoms with van der Waals surface area (Å²) in [5.74, 6) is -0.259. The number of benzene rings is 3. The number of rotatable bonds is 3. The zero-order chi connectivity index (χ0) is 19.7. The third-order valence-electron chi connectivity index (χ3n) is 4.75. The first kappa shape index (κ1) is 18.3. The van der Waals surface area contributed by atoms with Crippen molar-refractivity contribution in [2.75, 3.05) is 5.32 Å². The Hall–Kier alpha value is -3.12. The Labute approximate surface area is 171 Å². The smallest absolute Gasteiger partial charge is 0.319 e. The van der Waals surface area contributed by atoms with Crippen LogP contribution in [0.4, 0.5) is 10.5 Å². The molecule has 0 saturated carbocycles. The van der Waals surface area contributed by atoms with Crippen LogP contribution in [0.3, 0.4) is 0 Å². The average molecular weight is 436 g/mol. The molecule has 0 bridgehead atoms. The Morgan fingerprint density at radius 3 is 2.50 bits per heavy atom. The summed E-state index contributed by atoms with van der Waals surface area (Å²) in [6, 6.07) is 20.3. The van der Waals surface area contributed by atoms with E-state index in [4.69, 9.17) is 0 Å². The molecule has 140 valence electrons. The van der Waals surface area contributed by atoms with Gasteiger partial charge in [-0.3, -0.25) is 4.79 Å². The summed E-state index contributed by atoms with van der Waals surface area (Å²) in [7, 11) is 0. The van der Waals surface area contributed by atoms with Crippen molar-refractivity contribution >= 4 is 44.3 Å². The molecular weight excluding hydrogens is 418 g/mol. The lowest BCUT2D eigenvalue weighted by molar-refractivity contribution is -0.113. The second-order valence-electron chi connectivity index (χ2n) is 6.60. The minimum atomic E-state index is -0.546. The molecule has 3 aromatic carbocycles. The first-order valence-electron chi connectivity index (χ1n) is 8.86. The number of hydrogen-bond acceptors (Lipinski definition) is 2. The normalized spacial score (nSPS) is 16.5. The molecule has 0 spiro atoms. The largest absolute Gasteiger partial charge is 0.327 e. The number of fused-ring (bicyclic) bond motifs is 1. The van der Waals surface area contributed by atoms with Gasteiger partial charge in [0.1, 0.15) is 0 Å². The molecule has 0 aromatic heterocycles. The van der Waals surface area contributed by atoms with Crippen LogP contribution in [0.2, 0.25) is 0 Å². The van der Waals surface area contributed by atoms with Crippen molar-refractivity contribution < 1.29 is 9.59 Å². The molecule has 0 saturated heterocycles. The number of halogens is 1. The van der Waals surface area contributed by atoms with Crippen LogP contribution >= 0.6 is 15.9 Å². The molecule has 1 aliphatic heterocycles. The molecule has 3 amide bonds. The van der Waals surface area contributed by atoms with Gasteiger partial charge in [-0.1, -0.05) is 58.4 Å². The van der Waals surface area contributed by atoms with Crippen LogP contribution in [-0.4, -0.2) is 11.9 Å². The van der Waals surface area contributed by atoms with E-state index in [0.717, 1.165) is 20.8 Å². The van der Waals surface area contributed by atoms with Crippen molar-refractivity contribution in [2.24, 2.45) is 0 Å². The molecule has 6 heteroatoms. The highest BCUT2D eigenvalue weighted by atomic mass is 79.9. The first-order valence-corrected chi connectivity index (χ1v) is 9.65. The highest BCUT2D eigenvalue weighted by Gasteiger charge is 2.32. The Kier molecular flexibility index (Phi) is 4.88. The van der Waals surface area contributed by atoms with Crippen LogP contribution in [0.15, 0.2) is 82.5 Å². The number of hydrogen-bond donors (Lipinski definition) is 3. The average Bonchev–Trinajstić information content (AvgIpc) is 2.68. The molecule has 1 aliphatic rings. The number of amides is 3. The maximum absolute atomic E-state index is 13.1. The van der Waals surface area contributed by atoms with Gasteiger partial charge in [0.25, 0.3) is 5.91 Å². The number of carbonyl (C=O) groups is 2. The van der Waals surface area contributed by atoms with Gasteiger partial charge in [-0.2, -0.15) is 0 Å². The first-order chi connectivity index (χ1) is 13.5. The van der Waals surface area contributed by atoms with Gasteiger partial charge in [-0.15, -0.1) is 0 Å². The van der Waals surface area contributed by atoms with Gasteiger partial charge in [0, 0.05) is 15.9 Å². The van der Waals surface area contributed by atoms with Crippen molar-refractivity contribution in [2.45, 2.75) is 13.0 Å². The second kappa shape index (κ2) is 7.48. The highest BCUT2D eigenvalue weighted by molar-refractivity contribution is 9.10. The minimum Gasteiger partial charge on any atom is -0.327 e. The maximum Gasteiger partial charge on any atom is 0.319 e. The van der Waals surface area contributed by atoms with E-state index in [2.05, 4.69) is 31.9 Å². The molecule has 3 aromatic rings. The lowest BCUT2D eigenvalue weighted by atomic mass is 9.91. The van der Waals surface area contributed by atoms with E-state index >= 15 is 0 Å². The third-order valence-corrected chi connectivity index (χ3v) is 5.28. The van der Waals surface area contributed by atoms with Gasteiger partial charge in [0.2, 0.25) is 0 Å². The van der Waals surface area contributed by atoms with E-state index in [1.807, 2.05) is 66.7 Å². The van der Waals surface area contributed by atoms with Crippen molar-refractivity contribution in [3.8, 4) is 0 Å². The molecule has 5 nitrogen and oxygen atoms in total. The lowest BCUT2D eigenvalue weighted by Crippen LogP contribution is -2.46. The Morgan fingerprint density at radius 1 is 1.00 bits per heavy atom. The predicted octanol–water partition coefficient (Wildman–Crippen LogP) is 4.87. The van der Waals surface area contributed by atoms with Crippen LogP contribution in [0, 0.1) is 0 Å². The summed E-state index contributed by atoms with van der Waals surface area (Å²) < 4.78 is 0.932. The number of anilines is 1. The van der Waals surface area contributed by atoms with Crippen molar-refractivity contribution in [3.63, 3.8) is 0 Å².